The zero-order valence-corrected chi connectivity index (χ0v) is 27.1. The largest absolute Gasteiger partial charge is 0.507 e. The van der Waals surface area contributed by atoms with Crippen LogP contribution in [0.4, 0.5) is 0 Å². The molecule has 0 unspecified atom stereocenters. The van der Waals surface area contributed by atoms with Gasteiger partial charge in [0.15, 0.2) is 11.7 Å². The Kier molecular flexibility index (Phi) is 10.9. The smallest absolute Gasteiger partial charge is 0.229 e. The second-order valence-electron chi connectivity index (χ2n) is 12.8. The lowest BCUT2D eigenvalue weighted by atomic mass is 9.98. The molecule has 10 N–H and O–H groups in total. The summed E-state index contributed by atoms with van der Waals surface area (Å²) in [5.41, 5.74) is -0.302. The second kappa shape index (κ2) is 14.9. The Morgan fingerprint density at radius 2 is 1.14 bits per heavy atom. The van der Waals surface area contributed by atoms with Gasteiger partial charge in [-0.15, -0.1) is 0 Å². The van der Waals surface area contributed by atoms with Crippen LogP contribution < -0.4 is 14.9 Å². The van der Waals surface area contributed by atoms with E-state index in [1.54, 1.807) is 0 Å². The summed E-state index contributed by atoms with van der Waals surface area (Å²) in [5, 5.41) is 102. The minimum atomic E-state index is -1.73. The second-order valence-corrected chi connectivity index (χ2v) is 12.8. The molecule has 280 valence electrons. The fourth-order valence-corrected chi connectivity index (χ4v) is 6.02. The Labute approximate surface area is 288 Å². The molecule has 6 rings (SSSR count). The Balaban J connectivity index is 1.15. The van der Waals surface area contributed by atoms with Gasteiger partial charge in [-0.3, -0.25) is 4.79 Å². The maximum Gasteiger partial charge on any atom is 0.229 e. The van der Waals surface area contributed by atoms with Crippen LogP contribution in [0.5, 0.6) is 17.2 Å². The molecule has 3 aromatic rings. The number of aliphatic hydroxyl groups excluding tert-OH is 9. The number of hydrogen-bond donors (Lipinski definition) is 10. The highest BCUT2D eigenvalue weighted by Gasteiger charge is 2.47. The van der Waals surface area contributed by atoms with Gasteiger partial charge in [0, 0.05) is 23.8 Å². The normalized spacial score (nSPS) is 38.8. The van der Waals surface area contributed by atoms with Gasteiger partial charge in [-0.05, 0) is 38.1 Å². The molecule has 15 atom stereocenters. The molecule has 0 saturated carbocycles. The summed E-state index contributed by atoms with van der Waals surface area (Å²) in [7, 11) is 0. The molecule has 1 aromatic heterocycles. The van der Waals surface area contributed by atoms with E-state index in [1.807, 2.05) is 0 Å². The Morgan fingerprint density at radius 1 is 0.608 bits per heavy atom. The maximum absolute atomic E-state index is 13.0. The van der Waals surface area contributed by atoms with Crippen LogP contribution in [0.1, 0.15) is 13.8 Å². The van der Waals surface area contributed by atoms with Crippen molar-refractivity contribution in [3.63, 3.8) is 0 Å². The van der Waals surface area contributed by atoms with E-state index in [0.717, 1.165) is 12.1 Å². The number of rotatable bonds is 8. The summed E-state index contributed by atoms with van der Waals surface area (Å²) in [6.45, 7) is 2.47. The molecule has 18 nitrogen and oxygen atoms in total. The van der Waals surface area contributed by atoms with Gasteiger partial charge in [-0.25, -0.2) is 0 Å². The lowest BCUT2D eigenvalue weighted by Crippen LogP contribution is -2.61. The first kappa shape index (κ1) is 37.3. The number of ether oxygens (including phenoxy) is 6. The summed E-state index contributed by atoms with van der Waals surface area (Å²) in [6, 6.07) is 9.44. The van der Waals surface area contributed by atoms with E-state index in [0.29, 0.717) is 5.56 Å². The summed E-state index contributed by atoms with van der Waals surface area (Å²) < 4.78 is 39.2. The van der Waals surface area contributed by atoms with Gasteiger partial charge < -0.3 is 83.9 Å². The number of fused-ring (bicyclic) bond motifs is 1. The van der Waals surface area contributed by atoms with Crippen LogP contribution in [-0.2, 0) is 18.9 Å². The van der Waals surface area contributed by atoms with Crippen LogP contribution >= 0.6 is 0 Å². The highest BCUT2D eigenvalue weighted by molar-refractivity contribution is 5.86. The highest BCUT2D eigenvalue weighted by Crippen LogP contribution is 2.34. The fraction of sp³-hybridized carbons (Fsp3) is 0.545. The minimum absolute atomic E-state index is 0.0699. The molecule has 0 spiro atoms. The Morgan fingerprint density at radius 3 is 1.76 bits per heavy atom. The quantitative estimate of drug-likeness (QED) is 0.114. The van der Waals surface area contributed by atoms with Gasteiger partial charge >= 0.3 is 0 Å². The molecule has 0 bridgehead atoms. The molecule has 0 aliphatic carbocycles. The van der Waals surface area contributed by atoms with Crippen LogP contribution in [0, 0.1) is 0 Å². The minimum Gasteiger partial charge on any atom is -0.507 e. The van der Waals surface area contributed by atoms with Crippen molar-refractivity contribution in [1.82, 2.24) is 0 Å². The van der Waals surface area contributed by atoms with Crippen LogP contribution in [0.3, 0.4) is 0 Å². The molecule has 3 aliphatic heterocycles. The van der Waals surface area contributed by atoms with Crippen LogP contribution in [-0.4, -0.2) is 150 Å². The first-order chi connectivity index (χ1) is 24.1. The van der Waals surface area contributed by atoms with Crippen LogP contribution in [0.15, 0.2) is 51.7 Å². The topological polar surface area (TPSA) is 288 Å². The van der Waals surface area contributed by atoms with E-state index in [4.69, 9.17) is 32.8 Å². The molecule has 0 amide bonds. The number of aromatic hydroxyl groups is 1. The lowest BCUT2D eigenvalue weighted by molar-refractivity contribution is -0.318. The monoisotopic (exact) mass is 724 g/mol. The van der Waals surface area contributed by atoms with E-state index < -0.39 is 110 Å². The first-order valence-corrected chi connectivity index (χ1v) is 16.1. The summed E-state index contributed by atoms with van der Waals surface area (Å²) in [6.07, 6.45) is -21.5. The zero-order chi connectivity index (χ0) is 36.9. The molecule has 3 saturated heterocycles. The van der Waals surface area contributed by atoms with E-state index in [2.05, 4.69) is 0 Å². The third kappa shape index (κ3) is 7.42. The Hall–Kier alpha value is -3.47. The van der Waals surface area contributed by atoms with Crippen molar-refractivity contribution in [2.24, 2.45) is 0 Å². The number of phenolic OH excluding ortho intramolecular Hbond substituents is 1. The van der Waals surface area contributed by atoms with Crippen molar-refractivity contribution in [2.75, 3.05) is 6.61 Å². The average molecular weight is 725 g/mol. The summed E-state index contributed by atoms with van der Waals surface area (Å²) in [4.78, 5) is 13.0. The third-order valence-corrected chi connectivity index (χ3v) is 9.14. The first-order valence-electron chi connectivity index (χ1n) is 16.1. The van der Waals surface area contributed by atoms with Gasteiger partial charge in [-0.1, -0.05) is 0 Å². The number of phenols is 1. The predicted molar refractivity (Wildman–Crippen MR) is 168 cm³/mol. The summed E-state index contributed by atoms with van der Waals surface area (Å²) >= 11 is 0. The number of hydrogen-bond acceptors (Lipinski definition) is 18. The molecular weight excluding hydrogens is 684 g/mol. The predicted octanol–water partition coefficient (Wildman–Crippen LogP) is -2.60. The van der Waals surface area contributed by atoms with Crippen molar-refractivity contribution < 1.29 is 83.9 Å². The van der Waals surface area contributed by atoms with Crippen molar-refractivity contribution in [3.05, 3.63) is 52.7 Å². The molecule has 51 heavy (non-hydrogen) atoms. The Bertz CT molecular complexity index is 1720. The van der Waals surface area contributed by atoms with Crippen molar-refractivity contribution in [1.29, 1.82) is 0 Å². The van der Waals surface area contributed by atoms with Gasteiger partial charge in [-0.2, -0.15) is 0 Å². The van der Waals surface area contributed by atoms with Gasteiger partial charge in [0.2, 0.25) is 12.6 Å². The van der Waals surface area contributed by atoms with Gasteiger partial charge in [0.1, 0.15) is 95.0 Å². The zero-order valence-electron chi connectivity index (χ0n) is 27.1. The third-order valence-electron chi connectivity index (χ3n) is 9.14. The molecular formula is C33H40O18. The highest BCUT2D eigenvalue weighted by atomic mass is 16.7. The fourth-order valence-electron chi connectivity index (χ4n) is 6.02. The molecule has 0 radical (unpaired) electrons. The van der Waals surface area contributed by atoms with Gasteiger partial charge in [0.25, 0.3) is 0 Å². The standard InChI is InChI=1S/C33H40O18/c1-11-22(36)25(39)28(42)31(46-11)45-10-20-24(38)27(41)30(44)33(51-20)48-14-5-3-13(4-6-14)18-9-17(35)21-16(34)7-15(8-19(21)50-18)49-32-29(43)26(40)23(37)12(2)47-32/h3-9,11-12,20,22-34,36-44H,10H2,1-2H3/t11-,12-,20+,22-,23-,24+,25+,26+,27-,28+,29+,30+,31+,32-,33+/m0/s1. The lowest BCUT2D eigenvalue weighted by Gasteiger charge is -2.42. The molecule has 2 aromatic carbocycles. The SMILES string of the molecule is C[C@@H]1O[C@@H](OC[C@H]2O[C@@H](Oc3ccc(-c4cc(=O)c5c(O)cc(O[C@@H]6O[C@@H](C)[C@H](O)[C@@H](O)[C@H]6O)cc5o4)cc3)[C@H](O)[C@@H](O)[C@@H]2O)[C@H](O)[C@H](O)[C@H]1O. The van der Waals surface area contributed by atoms with Crippen molar-refractivity contribution in [2.45, 2.75) is 106 Å². The number of benzene rings is 2. The van der Waals surface area contributed by atoms with E-state index in [9.17, 15) is 55.9 Å². The number of aliphatic hydroxyl groups is 9. The molecule has 3 fully saturated rings. The average Bonchev–Trinajstić information content (AvgIpc) is 3.10. The van der Waals surface area contributed by atoms with Crippen molar-refractivity contribution in [3.8, 4) is 28.6 Å². The molecule has 18 heteroatoms. The van der Waals surface area contributed by atoms with Crippen LogP contribution in [0.2, 0.25) is 0 Å². The molecule has 3 aliphatic rings. The maximum atomic E-state index is 13.0. The van der Waals surface area contributed by atoms with E-state index in [-0.39, 0.29) is 28.2 Å². The molecule has 4 heterocycles. The van der Waals surface area contributed by atoms with Crippen molar-refractivity contribution >= 4 is 11.0 Å². The van der Waals surface area contributed by atoms with E-state index in [1.165, 1.54) is 44.2 Å². The summed E-state index contributed by atoms with van der Waals surface area (Å²) in [5.74, 6) is -0.354. The van der Waals surface area contributed by atoms with Crippen LogP contribution in [0.25, 0.3) is 22.3 Å². The van der Waals surface area contributed by atoms with E-state index >= 15 is 0 Å². The van der Waals surface area contributed by atoms with Gasteiger partial charge in [0.05, 0.1) is 18.8 Å².